The quantitative estimate of drug-likeness (QED) is 0.852. The highest BCUT2D eigenvalue weighted by atomic mass is 16.2. The smallest absolute Gasteiger partial charge is 0.236 e. The van der Waals surface area contributed by atoms with Gasteiger partial charge in [-0.15, -0.1) is 0 Å². The van der Waals surface area contributed by atoms with Crippen molar-refractivity contribution < 1.29 is 4.79 Å². The predicted octanol–water partition coefficient (Wildman–Crippen LogP) is 1.71. The first kappa shape index (κ1) is 15.8. The fraction of sp³-hybridized carbons (Fsp3) is 0.938. The molecule has 0 aliphatic carbocycles. The van der Waals surface area contributed by atoms with Gasteiger partial charge in [0, 0.05) is 26.2 Å². The maximum absolute atomic E-state index is 12.4. The van der Waals surface area contributed by atoms with E-state index in [2.05, 4.69) is 29.0 Å². The number of carbonyl (C=O) groups is 1. The van der Waals surface area contributed by atoms with E-state index >= 15 is 0 Å². The second-order valence-electron chi connectivity index (χ2n) is 6.47. The van der Waals surface area contributed by atoms with E-state index in [1.165, 1.54) is 25.7 Å². The molecule has 0 unspecified atom stereocenters. The summed E-state index contributed by atoms with van der Waals surface area (Å²) in [5.41, 5.74) is 0.503. The van der Waals surface area contributed by atoms with Crippen molar-refractivity contribution in [1.82, 2.24) is 15.1 Å². The van der Waals surface area contributed by atoms with Crippen LogP contribution in [0, 0.1) is 5.41 Å². The molecule has 2 aliphatic rings. The summed E-state index contributed by atoms with van der Waals surface area (Å²) in [6, 6.07) is 0. The second-order valence-corrected chi connectivity index (χ2v) is 6.47. The molecular formula is C16H31N3O. The van der Waals surface area contributed by atoms with Gasteiger partial charge in [0.1, 0.15) is 0 Å². The molecule has 2 aliphatic heterocycles. The lowest BCUT2D eigenvalue weighted by Gasteiger charge is -2.41. The fourth-order valence-corrected chi connectivity index (χ4v) is 3.54. The Kier molecular flexibility index (Phi) is 5.85. The fourth-order valence-electron chi connectivity index (χ4n) is 3.54. The van der Waals surface area contributed by atoms with E-state index in [0.717, 1.165) is 45.7 Å². The van der Waals surface area contributed by atoms with Crippen LogP contribution < -0.4 is 5.32 Å². The van der Waals surface area contributed by atoms with Crippen LogP contribution in [0.1, 0.15) is 46.0 Å². The zero-order chi connectivity index (χ0) is 14.4. The number of likely N-dealkylation sites (tertiary alicyclic amines) is 1. The van der Waals surface area contributed by atoms with Crippen LogP contribution in [0.2, 0.25) is 0 Å². The Labute approximate surface area is 123 Å². The van der Waals surface area contributed by atoms with Crippen molar-refractivity contribution in [2.75, 3.05) is 45.8 Å². The van der Waals surface area contributed by atoms with Gasteiger partial charge in [-0.1, -0.05) is 26.7 Å². The SMILES string of the molecule is CCC1(CC)CCN(C(=O)CN2CCCNCC2)CC1. The van der Waals surface area contributed by atoms with E-state index in [1.54, 1.807) is 0 Å². The third kappa shape index (κ3) is 3.95. The molecule has 0 bridgehead atoms. The molecule has 1 N–H and O–H groups in total. The predicted molar refractivity (Wildman–Crippen MR) is 82.8 cm³/mol. The summed E-state index contributed by atoms with van der Waals surface area (Å²) in [5, 5.41) is 3.39. The summed E-state index contributed by atoms with van der Waals surface area (Å²) in [6.45, 7) is 11.3. The van der Waals surface area contributed by atoms with Crippen LogP contribution in [0.3, 0.4) is 0 Å². The standard InChI is InChI=1S/C16H31N3O/c1-3-16(4-2)6-11-19(12-7-16)15(20)14-18-10-5-8-17-9-13-18/h17H,3-14H2,1-2H3. The highest BCUT2D eigenvalue weighted by Gasteiger charge is 2.33. The van der Waals surface area contributed by atoms with Crippen LogP contribution >= 0.6 is 0 Å². The largest absolute Gasteiger partial charge is 0.342 e. The maximum Gasteiger partial charge on any atom is 0.236 e. The molecule has 0 spiro atoms. The van der Waals surface area contributed by atoms with Crippen molar-refractivity contribution in [3.05, 3.63) is 0 Å². The van der Waals surface area contributed by atoms with Crippen molar-refractivity contribution in [3.63, 3.8) is 0 Å². The molecule has 4 nitrogen and oxygen atoms in total. The Morgan fingerprint density at radius 2 is 1.75 bits per heavy atom. The average molecular weight is 281 g/mol. The van der Waals surface area contributed by atoms with Crippen LogP contribution in [-0.2, 0) is 4.79 Å². The number of amides is 1. The number of hydrogen-bond donors (Lipinski definition) is 1. The van der Waals surface area contributed by atoms with Crippen molar-refractivity contribution in [2.24, 2.45) is 5.41 Å². The summed E-state index contributed by atoms with van der Waals surface area (Å²) < 4.78 is 0. The van der Waals surface area contributed by atoms with Crippen molar-refractivity contribution >= 4 is 5.91 Å². The average Bonchev–Trinajstić information content (AvgIpc) is 2.76. The van der Waals surface area contributed by atoms with E-state index < -0.39 is 0 Å². The summed E-state index contributed by atoms with van der Waals surface area (Å²) in [6.07, 6.45) is 6.04. The topological polar surface area (TPSA) is 35.6 Å². The number of rotatable bonds is 4. The first-order valence-corrected chi connectivity index (χ1v) is 8.40. The van der Waals surface area contributed by atoms with Gasteiger partial charge in [-0.05, 0) is 37.8 Å². The Balaban J connectivity index is 1.79. The lowest BCUT2D eigenvalue weighted by molar-refractivity contribution is -0.134. The van der Waals surface area contributed by atoms with Crippen molar-refractivity contribution in [2.45, 2.75) is 46.0 Å². The molecule has 1 amide bonds. The molecule has 0 radical (unpaired) electrons. The molecule has 2 saturated heterocycles. The first-order chi connectivity index (χ1) is 9.69. The molecule has 116 valence electrons. The second kappa shape index (κ2) is 7.41. The minimum Gasteiger partial charge on any atom is -0.342 e. The van der Waals surface area contributed by atoms with Gasteiger partial charge in [0.25, 0.3) is 0 Å². The minimum absolute atomic E-state index is 0.340. The molecule has 0 aromatic rings. The van der Waals surface area contributed by atoms with Gasteiger partial charge in [-0.3, -0.25) is 9.69 Å². The molecule has 0 aromatic heterocycles. The van der Waals surface area contributed by atoms with Gasteiger partial charge in [0.2, 0.25) is 5.91 Å². The Bertz CT molecular complexity index is 297. The number of nitrogens with zero attached hydrogens (tertiary/aromatic N) is 2. The number of piperidine rings is 1. The van der Waals surface area contributed by atoms with Gasteiger partial charge >= 0.3 is 0 Å². The normalized spacial score (nSPS) is 24.4. The number of hydrogen-bond acceptors (Lipinski definition) is 3. The molecule has 2 fully saturated rings. The van der Waals surface area contributed by atoms with Gasteiger partial charge in [-0.25, -0.2) is 0 Å². The lowest BCUT2D eigenvalue weighted by Crippen LogP contribution is -2.47. The van der Waals surface area contributed by atoms with Crippen LogP contribution in [0.5, 0.6) is 0 Å². The van der Waals surface area contributed by atoms with Crippen LogP contribution in [0.25, 0.3) is 0 Å². The Morgan fingerprint density at radius 1 is 1.05 bits per heavy atom. The molecule has 0 atom stereocenters. The van der Waals surface area contributed by atoms with Crippen molar-refractivity contribution in [1.29, 1.82) is 0 Å². The highest BCUT2D eigenvalue weighted by Crippen LogP contribution is 2.37. The van der Waals surface area contributed by atoms with Gasteiger partial charge < -0.3 is 10.2 Å². The summed E-state index contributed by atoms with van der Waals surface area (Å²) in [5.74, 6) is 0.340. The molecule has 0 saturated carbocycles. The lowest BCUT2D eigenvalue weighted by atomic mass is 9.74. The van der Waals surface area contributed by atoms with Crippen molar-refractivity contribution in [3.8, 4) is 0 Å². The van der Waals surface area contributed by atoms with Gasteiger partial charge in [0.05, 0.1) is 6.54 Å². The molecule has 4 heteroatoms. The Morgan fingerprint density at radius 3 is 2.40 bits per heavy atom. The van der Waals surface area contributed by atoms with Gasteiger partial charge in [-0.2, -0.15) is 0 Å². The molecular weight excluding hydrogens is 250 g/mol. The summed E-state index contributed by atoms with van der Waals surface area (Å²) in [4.78, 5) is 16.8. The highest BCUT2D eigenvalue weighted by molar-refractivity contribution is 5.78. The molecule has 2 rings (SSSR count). The molecule has 0 aromatic carbocycles. The van der Waals surface area contributed by atoms with Crippen LogP contribution in [-0.4, -0.2) is 61.5 Å². The summed E-state index contributed by atoms with van der Waals surface area (Å²) in [7, 11) is 0. The molecule has 2 heterocycles. The van der Waals surface area contributed by atoms with Crippen LogP contribution in [0.15, 0.2) is 0 Å². The maximum atomic E-state index is 12.4. The number of carbonyl (C=O) groups excluding carboxylic acids is 1. The van der Waals surface area contributed by atoms with E-state index in [-0.39, 0.29) is 0 Å². The first-order valence-electron chi connectivity index (χ1n) is 8.40. The minimum atomic E-state index is 0.340. The van der Waals surface area contributed by atoms with E-state index in [9.17, 15) is 4.79 Å². The summed E-state index contributed by atoms with van der Waals surface area (Å²) >= 11 is 0. The van der Waals surface area contributed by atoms with Gasteiger partial charge in [0.15, 0.2) is 0 Å². The van der Waals surface area contributed by atoms with E-state index in [4.69, 9.17) is 0 Å². The number of nitrogens with one attached hydrogen (secondary N) is 1. The van der Waals surface area contributed by atoms with E-state index in [0.29, 0.717) is 17.9 Å². The third-order valence-corrected chi connectivity index (χ3v) is 5.47. The third-order valence-electron chi connectivity index (χ3n) is 5.47. The van der Waals surface area contributed by atoms with E-state index in [1.807, 2.05) is 0 Å². The Hall–Kier alpha value is -0.610. The molecule has 20 heavy (non-hydrogen) atoms. The zero-order valence-corrected chi connectivity index (χ0v) is 13.3. The zero-order valence-electron chi connectivity index (χ0n) is 13.3. The monoisotopic (exact) mass is 281 g/mol. The van der Waals surface area contributed by atoms with Crippen LogP contribution in [0.4, 0.5) is 0 Å².